The molecule has 1 heteroatoms. The Kier molecular flexibility index (Phi) is 8.06. The van der Waals surface area contributed by atoms with E-state index < -0.39 is 0 Å². The Morgan fingerprint density at radius 2 is 1.13 bits per heavy atom. The van der Waals surface area contributed by atoms with Gasteiger partial charge in [0.05, 0.1) is 0 Å². The first-order valence-corrected chi connectivity index (χ1v) is 4.65. The molecule has 0 bridgehead atoms. The average molecular weight is 207 g/mol. The van der Waals surface area contributed by atoms with Crippen LogP contribution in [0.25, 0.3) is 0 Å². The van der Waals surface area contributed by atoms with Crippen molar-refractivity contribution in [3.05, 3.63) is 71.8 Å². The Bertz CT molecular complexity index is 303. The maximum Gasteiger partial charge on any atom is 2.00 e. The molecule has 2 aromatic carbocycles. The minimum absolute atomic E-state index is 0. The van der Waals surface area contributed by atoms with Gasteiger partial charge in [0.2, 0.25) is 0 Å². The zero-order chi connectivity index (χ0) is 10.2. The van der Waals surface area contributed by atoms with E-state index in [0.717, 1.165) is 0 Å². The molecule has 2 rings (SSSR count). The van der Waals surface area contributed by atoms with E-state index in [1.54, 1.807) is 0 Å². The van der Waals surface area contributed by atoms with Gasteiger partial charge < -0.3 is 0 Å². The van der Waals surface area contributed by atoms with E-state index in [1.807, 2.05) is 62.4 Å². The molecule has 0 atom stereocenters. The third-order valence-corrected chi connectivity index (χ3v) is 1.73. The Labute approximate surface area is 108 Å². The molecule has 0 aliphatic heterocycles. The van der Waals surface area contributed by atoms with Crippen LogP contribution in [0.1, 0.15) is 11.1 Å². The zero-order valence-electron chi connectivity index (χ0n) is 9.33. The SMILES string of the molecule is Cc1[c-]cccc1.Cc1[c-]cccc1.[Mg+2]. The van der Waals surface area contributed by atoms with Gasteiger partial charge in [0.15, 0.2) is 0 Å². The van der Waals surface area contributed by atoms with Crippen LogP contribution in [0.3, 0.4) is 0 Å². The fourth-order valence-electron chi connectivity index (χ4n) is 0.966. The van der Waals surface area contributed by atoms with Crippen molar-refractivity contribution < 1.29 is 0 Å². The maximum atomic E-state index is 3.03. The van der Waals surface area contributed by atoms with Crippen LogP contribution in [-0.4, -0.2) is 23.1 Å². The van der Waals surface area contributed by atoms with Crippen molar-refractivity contribution >= 4 is 23.1 Å². The summed E-state index contributed by atoms with van der Waals surface area (Å²) >= 11 is 0. The van der Waals surface area contributed by atoms with E-state index >= 15 is 0 Å². The Morgan fingerprint density at radius 1 is 0.733 bits per heavy atom. The summed E-state index contributed by atoms with van der Waals surface area (Å²) in [5, 5.41) is 0. The summed E-state index contributed by atoms with van der Waals surface area (Å²) in [6.07, 6.45) is 0. The number of aryl methyl sites for hydroxylation is 2. The predicted molar refractivity (Wildman–Crippen MR) is 65.8 cm³/mol. The quantitative estimate of drug-likeness (QED) is 0.459. The van der Waals surface area contributed by atoms with Crippen LogP contribution in [0, 0.1) is 26.0 Å². The molecule has 0 aromatic heterocycles. The van der Waals surface area contributed by atoms with E-state index in [1.165, 1.54) is 11.1 Å². The summed E-state index contributed by atoms with van der Waals surface area (Å²) in [6.45, 7) is 4.06. The first-order chi connectivity index (χ1) is 6.79. The Balaban J connectivity index is 0.000000245. The summed E-state index contributed by atoms with van der Waals surface area (Å²) in [7, 11) is 0. The molecule has 0 aliphatic rings. The molecule has 0 heterocycles. The molecule has 0 aliphatic carbocycles. The van der Waals surface area contributed by atoms with Gasteiger partial charge in [0.25, 0.3) is 0 Å². The minimum Gasteiger partial charge on any atom is -0.181 e. The van der Waals surface area contributed by atoms with Crippen molar-refractivity contribution in [3.8, 4) is 0 Å². The second kappa shape index (κ2) is 8.51. The van der Waals surface area contributed by atoms with Gasteiger partial charge in [0.1, 0.15) is 0 Å². The third-order valence-electron chi connectivity index (χ3n) is 1.73. The standard InChI is InChI=1S/2C7H7.Mg/c2*1-7-5-3-2-4-6-7;/h2*2-5H,1H3;/q2*-1;+2. The minimum atomic E-state index is 0. The van der Waals surface area contributed by atoms with Crippen LogP contribution >= 0.6 is 0 Å². The number of hydrogen-bond donors (Lipinski definition) is 0. The van der Waals surface area contributed by atoms with Crippen LogP contribution in [0.4, 0.5) is 0 Å². The molecule has 0 radical (unpaired) electrons. The predicted octanol–water partition coefficient (Wildman–Crippen LogP) is 3.21. The first kappa shape index (κ1) is 14.2. The van der Waals surface area contributed by atoms with Gasteiger partial charge >= 0.3 is 23.1 Å². The van der Waals surface area contributed by atoms with Crippen LogP contribution in [0.5, 0.6) is 0 Å². The fraction of sp³-hybridized carbons (Fsp3) is 0.143. The van der Waals surface area contributed by atoms with Crippen LogP contribution in [0.15, 0.2) is 48.5 Å². The Hall–Kier alpha value is -0.794. The molecule has 0 N–H and O–H groups in total. The normalized spacial score (nSPS) is 8.13. The zero-order valence-corrected chi connectivity index (χ0v) is 10.7. The second-order valence-electron chi connectivity index (χ2n) is 3.09. The van der Waals surface area contributed by atoms with Gasteiger partial charge in [-0.05, 0) is 0 Å². The van der Waals surface area contributed by atoms with Gasteiger partial charge in [-0.1, -0.05) is 13.8 Å². The van der Waals surface area contributed by atoms with E-state index in [9.17, 15) is 0 Å². The first-order valence-electron chi connectivity index (χ1n) is 4.65. The molecule has 0 nitrogen and oxygen atoms in total. The van der Waals surface area contributed by atoms with Crippen LogP contribution in [0.2, 0.25) is 0 Å². The molecular weight excluding hydrogens is 192 g/mol. The molecular formula is C14H14Mg. The van der Waals surface area contributed by atoms with E-state index in [0.29, 0.717) is 0 Å². The number of hydrogen-bond acceptors (Lipinski definition) is 0. The van der Waals surface area contributed by atoms with Crippen molar-refractivity contribution in [2.45, 2.75) is 13.8 Å². The van der Waals surface area contributed by atoms with Gasteiger partial charge in [-0.3, -0.25) is 0 Å². The van der Waals surface area contributed by atoms with Crippen LogP contribution in [-0.2, 0) is 0 Å². The monoisotopic (exact) mass is 206 g/mol. The smallest absolute Gasteiger partial charge is 0.181 e. The molecule has 0 amide bonds. The van der Waals surface area contributed by atoms with E-state index in [2.05, 4.69) is 12.1 Å². The van der Waals surface area contributed by atoms with Crippen molar-refractivity contribution in [2.24, 2.45) is 0 Å². The van der Waals surface area contributed by atoms with Crippen molar-refractivity contribution in [3.63, 3.8) is 0 Å². The second-order valence-corrected chi connectivity index (χ2v) is 3.09. The van der Waals surface area contributed by atoms with Crippen molar-refractivity contribution in [2.75, 3.05) is 0 Å². The number of benzene rings is 2. The Morgan fingerprint density at radius 3 is 1.27 bits per heavy atom. The molecule has 2 aromatic rings. The van der Waals surface area contributed by atoms with Crippen LogP contribution < -0.4 is 0 Å². The topological polar surface area (TPSA) is 0 Å². The summed E-state index contributed by atoms with van der Waals surface area (Å²) in [5.74, 6) is 0. The molecule has 72 valence electrons. The van der Waals surface area contributed by atoms with Gasteiger partial charge in [-0.15, -0.1) is 0 Å². The molecule has 0 spiro atoms. The average Bonchev–Trinajstić information content (AvgIpc) is 2.21. The summed E-state index contributed by atoms with van der Waals surface area (Å²) < 4.78 is 0. The fourth-order valence-corrected chi connectivity index (χ4v) is 0.966. The van der Waals surface area contributed by atoms with Gasteiger partial charge in [-0.25, -0.2) is 0 Å². The molecule has 0 unspecified atom stereocenters. The molecule has 0 saturated heterocycles. The molecule has 0 saturated carbocycles. The summed E-state index contributed by atoms with van der Waals surface area (Å²) in [6, 6.07) is 21.9. The van der Waals surface area contributed by atoms with E-state index in [4.69, 9.17) is 0 Å². The van der Waals surface area contributed by atoms with E-state index in [-0.39, 0.29) is 23.1 Å². The van der Waals surface area contributed by atoms with Gasteiger partial charge in [-0.2, -0.15) is 71.8 Å². The van der Waals surface area contributed by atoms with Crippen molar-refractivity contribution in [1.82, 2.24) is 0 Å². The van der Waals surface area contributed by atoms with Crippen molar-refractivity contribution in [1.29, 1.82) is 0 Å². The largest absolute Gasteiger partial charge is 2.00 e. The third kappa shape index (κ3) is 7.17. The summed E-state index contributed by atoms with van der Waals surface area (Å²) in [5.41, 5.74) is 2.39. The molecule has 0 fully saturated rings. The van der Waals surface area contributed by atoms with Gasteiger partial charge in [0, 0.05) is 0 Å². The molecule has 15 heavy (non-hydrogen) atoms. The number of rotatable bonds is 0. The summed E-state index contributed by atoms with van der Waals surface area (Å²) in [4.78, 5) is 0. The maximum absolute atomic E-state index is 3.03.